The Balaban J connectivity index is 2.69. The molecule has 1 aromatic heterocycles. The van der Waals surface area contributed by atoms with Crippen LogP contribution in [-0.4, -0.2) is 40.0 Å². The molecule has 2 unspecified atom stereocenters. The van der Waals surface area contributed by atoms with Gasteiger partial charge in [0.05, 0.1) is 18.4 Å². The first-order valence-electron chi connectivity index (χ1n) is 4.75. The fourth-order valence-corrected chi connectivity index (χ4v) is 1.22. The number of hydrogen-bond donors (Lipinski definition) is 4. The molecule has 0 saturated carbocycles. The van der Waals surface area contributed by atoms with Gasteiger partial charge in [0.1, 0.15) is 6.10 Å². The summed E-state index contributed by atoms with van der Waals surface area (Å²) in [6, 6.07) is 3.26. The van der Waals surface area contributed by atoms with Crippen LogP contribution in [0, 0.1) is 0 Å². The lowest BCUT2D eigenvalue weighted by molar-refractivity contribution is 0.0176. The van der Waals surface area contributed by atoms with E-state index >= 15 is 0 Å². The number of pyridine rings is 1. The van der Waals surface area contributed by atoms with Gasteiger partial charge in [-0.25, -0.2) is 0 Å². The van der Waals surface area contributed by atoms with Gasteiger partial charge in [0.2, 0.25) is 0 Å². The fraction of sp³-hybridized carbons (Fsp3) is 0.500. The quantitative estimate of drug-likeness (QED) is 0.513. The van der Waals surface area contributed by atoms with Crippen LogP contribution in [0.25, 0.3) is 0 Å². The summed E-state index contributed by atoms with van der Waals surface area (Å²) in [5.74, 6) is 0. The standard InChI is InChI=1S/C10H16N2O3/c1-11-5-9(14)10(15)8-3-2-7(6-13)4-12-8/h2-4,9-11,13-15H,5-6H2,1H3. The van der Waals surface area contributed by atoms with Crippen molar-refractivity contribution in [1.82, 2.24) is 10.3 Å². The highest BCUT2D eigenvalue weighted by atomic mass is 16.3. The third-order valence-corrected chi connectivity index (χ3v) is 2.11. The van der Waals surface area contributed by atoms with Gasteiger partial charge in [-0.2, -0.15) is 0 Å². The third kappa shape index (κ3) is 3.24. The van der Waals surface area contributed by atoms with Gasteiger partial charge in [-0.3, -0.25) is 4.98 Å². The predicted octanol–water partition coefficient (Wildman–Crippen LogP) is -0.812. The molecule has 0 aromatic carbocycles. The molecule has 0 fully saturated rings. The van der Waals surface area contributed by atoms with Crippen molar-refractivity contribution in [2.45, 2.75) is 18.8 Å². The molecule has 0 aliphatic heterocycles. The highest BCUT2D eigenvalue weighted by Gasteiger charge is 2.18. The minimum atomic E-state index is -1.01. The molecule has 0 bridgehead atoms. The molecule has 0 aliphatic rings. The lowest BCUT2D eigenvalue weighted by atomic mass is 10.1. The average molecular weight is 212 g/mol. The van der Waals surface area contributed by atoms with E-state index in [1.54, 1.807) is 19.2 Å². The van der Waals surface area contributed by atoms with Crippen molar-refractivity contribution >= 4 is 0 Å². The lowest BCUT2D eigenvalue weighted by Crippen LogP contribution is -2.30. The Morgan fingerprint density at radius 3 is 2.60 bits per heavy atom. The number of nitrogens with zero attached hydrogens (tertiary/aromatic N) is 1. The molecule has 4 N–H and O–H groups in total. The minimum absolute atomic E-state index is 0.0809. The van der Waals surface area contributed by atoms with Crippen LogP contribution >= 0.6 is 0 Å². The molecule has 0 amide bonds. The Kier molecular flexibility index (Phi) is 4.64. The highest BCUT2D eigenvalue weighted by Crippen LogP contribution is 2.14. The predicted molar refractivity (Wildman–Crippen MR) is 55.1 cm³/mol. The minimum Gasteiger partial charge on any atom is -0.392 e. The molecule has 0 aliphatic carbocycles. The van der Waals surface area contributed by atoms with E-state index in [0.717, 1.165) is 0 Å². The molecule has 0 radical (unpaired) electrons. The summed E-state index contributed by atoms with van der Waals surface area (Å²) in [7, 11) is 1.69. The number of likely N-dealkylation sites (N-methyl/N-ethyl adjacent to an activating group) is 1. The van der Waals surface area contributed by atoms with E-state index in [1.807, 2.05) is 0 Å². The number of rotatable bonds is 5. The summed E-state index contributed by atoms with van der Waals surface area (Å²) in [6.45, 7) is 0.215. The van der Waals surface area contributed by atoms with Crippen LogP contribution in [-0.2, 0) is 6.61 Å². The zero-order chi connectivity index (χ0) is 11.3. The van der Waals surface area contributed by atoms with E-state index in [-0.39, 0.29) is 6.61 Å². The number of nitrogens with one attached hydrogen (secondary N) is 1. The average Bonchev–Trinajstić information content (AvgIpc) is 2.28. The van der Waals surface area contributed by atoms with Crippen LogP contribution < -0.4 is 5.32 Å². The van der Waals surface area contributed by atoms with E-state index in [1.165, 1.54) is 6.20 Å². The maximum absolute atomic E-state index is 9.67. The van der Waals surface area contributed by atoms with E-state index in [0.29, 0.717) is 17.8 Å². The van der Waals surface area contributed by atoms with Crippen LogP contribution in [0.2, 0.25) is 0 Å². The van der Waals surface area contributed by atoms with Crippen LogP contribution in [0.4, 0.5) is 0 Å². The SMILES string of the molecule is CNCC(O)C(O)c1ccc(CO)cn1. The van der Waals surface area contributed by atoms with E-state index in [9.17, 15) is 10.2 Å². The van der Waals surface area contributed by atoms with Crippen molar-refractivity contribution in [3.63, 3.8) is 0 Å². The summed E-state index contributed by atoms with van der Waals surface area (Å²) in [4.78, 5) is 3.95. The molecular weight excluding hydrogens is 196 g/mol. The summed E-state index contributed by atoms with van der Waals surface area (Å²) in [5.41, 5.74) is 1.07. The van der Waals surface area contributed by atoms with Crippen molar-refractivity contribution < 1.29 is 15.3 Å². The Labute approximate surface area is 88.4 Å². The molecule has 2 atom stereocenters. The Hall–Kier alpha value is -1.01. The van der Waals surface area contributed by atoms with Gasteiger partial charge < -0.3 is 20.6 Å². The Morgan fingerprint density at radius 1 is 1.40 bits per heavy atom. The molecule has 1 aromatic rings. The highest BCUT2D eigenvalue weighted by molar-refractivity contribution is 5.15. The normalized spacial score (nSPS) is 14.9. The van der Waals surface area contributed by atoms with Gasteiger partial charge in [-0.15, -0.1) is 0 Å². The number of aromatic nitrogens is 1. The number of hydrogen-bond acceptors (Lipinski definition) is 5. The zero-order valence-corrected chi connectivity index (χ0v) is 8.59. The second kappa shape index (κ2) is 5.77. The van der Waals surface area contributed by atoms with E-state index in [2.05, 4.69) is 10.3 Å². The van der Waals surface area contributed by atoms with Gasteiger partial charge in [0.25, 0.3) is 0 Å². The Morgan fingerprint density at radius 2 is 2.13 bits per heavy atom. The van der Waals surface area contributed by atoms with Crippen LogP contribution in [0.1, 0.15) is 17.4 Å². The lowest BCUT2D eigenvalue weighted by Gasteiger charge is -2.16. The van der Waals surface area contributed by atoms with Crippen LogP contribution in [0.15, 0.2) is 18.3 Å². The van der Waals surface area contributed by atoms with Crippen LogP contribution in [0.5, 0.6) is 0 Å². The summed E-state index contributed by atoms with van der Waals surface area (Å²) >= 11 is 0. The van der Waals surface area contributed by atoms with Crippen molar-refractivity contribution in [3.05, 3.63) is 29.6 Å². The molecule has 84 valence electrons. The largest absolute Gasteiger partial charge is 0.392 e. The first-order chi connectivity index (χ1) is 7.19. The molecule has 15 heavy (non-hydrogen) atoms. The maximum atomic E-state index is 9.67. The van der Waals surface area contributed by atoms with Crippen LogP contribution in [0.3, 0.4) is 0 Å². The van der Waals surface area contributed by atoms with Gasteiger partial charge in [-0.1, -0.05) is 6.07 Å². The van der Waals surface area contributed by atoms with E-state index in [4.69, 9.17) is 5.11 Å². The molecule has 5 nitrogen and oxygen atoms in total. The second-order valence-corrected chi connectivity index (χ2v) is 3.32. The second-order valence-electron chi connectivity index (χ2n) is 3.32. The molecule has 0 saturated heterocycles. The monoisotopic (exact) mass is 212 g/mol. The maximum Gasteiger partial charge on any atom is 0.123 e. The Bertz CT molecular complexity index is 289. The molecular formula is C10H16N2O3. The molecule has 1 rings (SSSR count). The van der Waals surface area contributed by atoms with E-state index < -0.39 is 12.2 Å². The first kappa shape index (κ1) is 12.1. The molecule has 1 heterocycles. The zero-order valence-electron chi connectivity index (χ0n) is 8.59. The number of aliphatic hydroxyl groups is 3. The summed E-state index contributed by atoms with van der Waals surface area (Å²) < 4.78 is 0. The topological polar surface area (TPSA) is 85.6 Å². The van der Waals surface area contributed by atoms with Crippen molar-refractivity contribution in [2.24, 2.45) is 0 Å². The van der Waals surface area contributed by atoms with Gasteiger partial charge in [-0.05, 0) is 18.7 Å². The third-order valence-electron chi connectivity index (χ3n) is 2.11. The first-order valence-corrected chi connectivity index (χ1v) is 4.75. The number of aliphatic hydroxyl groups excluding tert-OH is 3. The van der Waals surface area contributed by atoms with Crippen molar-refractivity contribution in [2.75, 3.05) is 13.6 Å². The summed E-state index contributed by atoms with van der Waals surface area (Å²) in [5, 5.41) is 30.7. The fourth-order valence-electron chi connectivity index (χ4n) is 1.22. The van der Waals surface area contributed by atoms with Crippen molar-refractivity contribution in [3.8, 4) is 0 Å². The van der Waals surface area contributed by atoms with Gasteiger partial charge >= 0.3 is 0 Å². The molecule has 5 heteroatoms. The van der Waals surface area contributed by atoms with Gasteiger partial charge in [0, 0.05) is 12.7 Å². The molecule has 0 spiro atoms. The van der Waals surface area contributed by atoms with Gasteiger partial charge in [0.15, 0.2) is 0 Å². The summed E-state index contributed by atoms with van der Waals surface area (Å²) in [6.07, 6.45) is -0.419. The smallest absolute Gasteiger partial charge is 0.123 e. The van der Waals surface area contributed by atoms with Crippen molar-refractivity contribution in [1.29, 1.82) is 0 Å².